The number of allylic oxidation sites excluding steroid dienone is 2. The highest BCUT2D eigenvalue weighted by Gasteiger charge is 2.26. The van der Waals surface area contributed by atoms with Crippen molar-refractivity contribution in [3.63, 3.8) is 0 Å². The highest BCUT2D eigenvalue weighted by Crippen LogP contribution is 2.27. The van der Waals surface area contributed by atoms with E-state index in [1.165, 1.54) is 14.2 Å². The molecule has 26 heavy (non-hydrogen) atoms. The summed E-state index contributed by atoms with van der Waals surface area (Å²) >= 11 is 0. The molecule has 6 nitrogen and oxygen atoms in total. The normalized spacial score (nSPS) is 17.3. The molecule has 1 aliphatic heterocycles. The Bertz CT molecular complexity index is 774. The van der Waals surface area contributed by atoms with Crippen molar-refractivity contribution in [3.05, 3.63) is 64.9 Å². The van der Waals surface area contributed by atoms with Crippen LogP contribution in [0.5, 0.6) is 0 Å². The Balaban J connectivity index is 2.64. The summed E-state index contributed by atoms with van der Waals surface area (Å²) < 4.78 is 9.70. The molecule has 0 fully saturated rings. The van der Waals surface area contributed by atoms with Crippen LogP contribution in [0, 0.1) is 0 Å². The first-order valence-corrected chi connectivity index (χ1v) is 8.15. The largest absolute Gasteiger partial charge is 0.465 e. The van der Waals surface area contributed by atoms with Crippen LogP contribution in [-0.2, 0) is 25.7 Å². The summed E-state index contributed by atoms with van der Waals surface area (Å²) in [7, 11) is 4.35. The van der Waals surface area contributed by atoms with E-state index in [0.717, 1.165) is 16.7 Å². The zero-order valence-electron chi connectivity index (χ0n) is 15.4. The van der Waals surface area contributed by atoms with Crippen molar-refractivity contribution >= 4 is 17.5 Å². The molecule has 2 rings (SSSR count). The zero-order chi connectivity index (χ0) is 19.3. The second kappa shape index (κ2) is 8.49. The predicted octanol–water partition coefficient (Wildman–Crippen LogP) is 2.05. The smallest absolute Gasteiger partial charge is 0.340 e. The van der Waals surface area contributed by atoms with Gasteiger partial charge >= 0.3 is 11.9 Å². The fourth-order valence-electron chi connectivity index (χ4n) is 2.58. The van der Waals surface area contributed by atoms with E-state index in [0.29, 0.717) is 0 Å². The molecule has 0 amide bonds. The summed E-state index contributed by atoms with van der Waals surface area (Å²) in [6.45, 7) is 1.93. The van der Waals surface area contributed by atoms with E-state index >= 15 is 0 Å². The number of carbonyl (C=O) groups is 2. The van der Waals surface area contributed by atoms with Gasteiger partial charge in [-0.05, 0) is 29.7 Å². The van der Waals surface area contributed by atoms with Crippen molar-refractivity contribution in [2.75, 3.05) is 21.3 Å². The van der Waals surface area contributed by atoms with Crippen LogP contribution in [0.1, 0.15) is 18.1 Å². The fourth-order valence-corrected chi connectivity index (χ4v) is 2.58. The number of ether oxygens (including phenoxy) is 2. The molecule has 0 saturated heterocycles. The van der Waals surface area contributed by atoms with E-state index < -0.39 is 11.9 Å². The average molecular weight is 357 g/mol. The lowest BCUT2D eigenvalue weighted by Gasteiger charge is -2.25. The van der Waals surface area contributed by atoms with Crippen LogP contribution in [0.2, 0.25) is 0 Å². The number of esters is 2. The quantitative estimate of drug-likeness (QED) is 0.831. The number of aliphatic hydroxyl groups is 1. The molecular weight excluding hydrogens is 334 g/mol. The molecule has 1 aliphatic rings. The molecule has 1 aromatic rings. The lowest BCUT2D eigenvalue weighted by atomic mass is 9.95. The van der Waals surface area contributed by atoms with Crippen LogP contribution < -0.4 is 0 Å². The summed E-state index contributed by atoms with van der Waals surface area (Å²) in [5, 5.41) is 9.21. The summed E-state index contributed by atoms with van der Waals surface area (Å²) in [4.78, 5) is 26.4. The molecule has 1 aromatic carbocycles. The molecule has 1 atom stereocenters. The van der Waals surface area contributed by atoms with Gasteiger partial charge in [0, 0.05) is 19.3 Å². The molecule has 1 N–H and O–H groups in total. The summed E-state index contributed by atoms with van der Waals surface area (Å²) in [6.07, 6.45) is 5.20. The van der Waals surface area contributed by atoms with Crippen molar-refractivity contribution in [1.29, 1.82) is 0 Å². The van der Waals surface area contributed by atoms with E-state index in [1.54, 1.807) is 12.3 Å². The Kier molecular flexibility index (Phi) is 6.36. The summed E-state index contributed by atoms with van der Waals surface area (Å²) in [5.41, 5.74) is 2.67. The second-order valence-electron chi connectivity index (χ2n) is 5.97. The maximum absolute atomic E-state index is 12.3. The number of benzene rings is 1. The highest BCUT2D eigenvalue weighted by atomic mass is 16.5. The molecule has 0 saturated carbocycles. The molecule has 1 unspecified atom stereocenters. The Morgan fingerprint density at radius 1 is 1.08 bits per heavy atom. The number of nitrogens with zero attached hydrogens (tertiary/aromatic N) is 1. The van der Waals surface area contributed by atoms with E-state index in [2.05, 4.69) is 0 Å². The molecular formula is C20H23NO5. The summed E-state index contributed by atoms with van der Waals surface area (Å²) in [6, 6.07) is 7.31. The molecule has 0 aliphatic carbocycles. The Morgan fingerprint density at radius 2 is 1.65 bits per heavy atom. The number of methoxy groups -OCH3 is 2. The van der Waals surface area contributed by atoms with Crippen LogP contribution >= 0.6 is 0 Å². The minimum Gasteiger partial charge on any atom is -0.465 e. The van der Waals surface area contributed by atoms with E-state index in [9.17, 15) is 14.7 Å². The zero-order valence-corrected chi connectivity index (χ0v) is 15.4. The van der Waals surface area contributed by atoms with Gasteiger partial charge in [0.25, 0.3) is 0 Å². The van der Waals surface area contributed by atoms with E-state index in [4.69, 9.17) is 9.47 Å². The topological polar surface area (TPSA) is 76.1 Å². The van der Waals surface area contributed by atoms with Gasteiger partial charge in [-0.1, -0.05) is 30.3 Å². The van der Waals surface area contributed by atoms with Gasteiger partial charge < -0.3 is 19.5 Å². The third-order valence-corrected chi connectivity index (χ3v) is 4.27. The first kappa shape index (κ1) is 19.5. The third kappa shape index (κ3) is 4.21. The number of likely N-dealkylation sites (N-methyl/N-ethyl adjacent to an activating group) is 1. The number of hydrogen-bond acceptors (Lipinski definition) is 6. The number of carbonyl (C=O) groups excluding carboxylic acids is 2. The van der Waals surface area contributed by atoms with Crippen molar-refractivity contribution in [2.24, 2.45) is 0 Å². The maximum Gasteiger partial charge on any atom is 0.340 e. The number of hydrogen-bond donors (Lipinski definition) is 1. The molecule has 0 bridgehead atoms. The van der Waals surface area contributed by atoms with Gasteiger partial charge in [0.05, 0.1) is 32.0 Å². The first-order valence-electron chi connectivity index (χ1n) is 8.15. The Labute approximate surface area is 153 Å². The molecule has 0 aromatic heterocycles. The van der Waals surface area contributed by atoms with Crippen molar-refractivity contribution in [1.82, 2.24) is 4.90 Å². The fraction of sp³-hybridized carbons (Fsp3) is 0.300. The highest BCUT2D eigenvalue weighted by molar-refractivity contribution is 6.08. The average Bonchev–Trinajstić information content (AvgIpc) is 2.67. The third-order valence-electron chi connectivity index (χ3n) is 4.27. The number of aliphatic hydroxyl groups excluding tert-OH is 1. The number of rotatable bonds is 4. The summed E-state index contributed by atoms with van der Waals surface area (Å²) in [5.74, 6) is -1.24. The van der Waals surface area contributed by atoms with Crippen LogP contribution in [0.3, 0.4) is 0 Å². The van der Waals surface area contributed by atoms with Crippen molar-refractivity contribution in [3.8, 4) is 0 Å². The first-order chi connectivity index (χ1) is 12.4. The molecule has 6 heteroatoms. The van der Waals surface area contributed by atoms with Gasteiger partial charge in [-0.2, -0.15) is 0 Å². The van der Waals surface area contributed by atoms with Gasteiger partial charge in [0.2, 0.25) is 0 Å². The van der Waals surface area contributed by atoms with Crippen LogP contribution in [-0.4, -0.2) is 49.3 Å². The monoisotopic (exact) mass is 357 g/mol. The Morgan fingerprint density at radius 3 is 2.19 bits per heavy atom. The van der Waals surface area contributed by atoms with E-state index in [1.807, 2.05) is 49.2 Å². The van der Waals surface area contributed by atoms with Crippen LogP contribution in [0.4, 0.5) is 0 Å². The lowest BCUT2D eigenvalue weighted by Crippen LogP contribution is -2.26. The van der Waals surface area contributed by atoms with Gasteiger partial charge in [-0.3, -0.25) is 0 Å². The van der Waals surface area contributed by atoms with Crippen LogP contribution in [0.25, 0.3) is 5.57 Å². The minimum atomic E-state index is -0.623. The SMILES string of the molecule is COC(=O)C1=CC(c2ccc(CO)cc2)=CC(C)N(C)C=C1C(=O)OC. The van der Waals surface area contributed by atoms with E-state index in [-0.39, 0.29) is 23.8 Å². The lowest BCUT2D eigenvalue weighted by molar-refractivity contribution is -0.139. The molecule has 138 valence electrons. The predicted molar refractivity (Wildman–Crippen MR) is 97.8 cm³/mol. The van der Waals surface area contributed by atoms with Crippen LogP contribution in [0.15, 0.2) is 53.8 Å². The van der Waals surface area contributed by atoms with Crippen molar-refractivity contribution in [2.45, 2.75) is 19.6 Å². The van der Waals surface area contributed by atoms with Gasteiger partial charge in [0.15, 0.2) is 0 Å². The molecule has 0 spiro atoms. The standard InChI is InChI=1S/C20H23NO5/c1-13-9-16(15-7-5-14(12-22)6-8-15)10-17(19(23)25-3)18(11-21(13)2)20(24)26-4/h5-11,13,22H,12H2,1-4H3. The van der Waals surface area contributed by atoms with Gasteiger partial charge in [-0.15, -0.1) is 0 Å². The second-order valence-corrected chi connectivity index (χ2v) is 5.97. The van der Waals surface area contributed by atoms with Gasteiger partial charge in [0.1, 0.15) is 0 Å². The molecule has 1 heterocycles. The Hall–Kier alpha value is -2.86. The molecule has 0 radical (unpaired) electrons. The van der Waals surface area contributed by atoms with Crippen molar-refractivity contribution < 1.29 is 24.2 Å². The maximum atomic E-state index is 12.3. The minimum absolute atomic E-state index is 0.0300. The van der Waals surface area contributed by atoms with Gasteiger partial charge in [-0.25, -0.2) is 9.59 Å².